The van der Waals surface area contributed by atoms with Gasteiger partial charge >= 0.3 is 0 Å². The summed E-state index contributed by atoms with van der Waals surface area (Å²) < 4.78 is 40.3. The molecule has 3 aromatic rings. The molecule has 1 saturated carbocycles. The van der Waals surface area contributed by atoms with Crippen LogP contribution in [0.4, 0.5) is 0 Å². The number of sulfonamides is 1. The predicted octanol–water partition coefficient (Wildman–Crippen LogP) is 5.67. The van der Waals surface area contributed by atoms with Crippen molar-refractivity contribution in [2.45, 2.75) is 113 Å². The molecule has 0 bridgehead atoms. The number of methoxy groups -OCH3 is 1. The summed E-state index contributed by atoms with van der Waals surface area (Å²) >= 11 is 0. The lowest BCUT2D eigenvalue weighted by molar-refractivity contribution is -0.146. The van der Waals surface area contributed by atoms with Crippen LogP contribution in [0.1, 0.15) is 90.4 Å². The third-order valence-electron chi connectivity index (χ3n) is 11.9. The Morgan fingerprint density at radius 2 is 1.71 bits per heavy atom. The number of likely N-dealkylation sites (tertiary alicyclic amines) is 1. The summed E-state index contributed by atoms with van der Waals surface area (Å²) in [4.78, 5) is 65.2. The van der Waals surface area contributed by atoms with Gasteiger partial charge in [0.25, 0.3) is 5.91 Å². The van der Waals surface area contributed by atoms with E-state index in [0.29, 0.717) is 61.5 Å². The Kier molecular flexibility index (Phi) is 12.7. The second-order valence-electron chi connectivity index (χ2n) is 16.4. The molecule has 0 spiro atoms. The van der Waals surface area contributed by atoms with E-state index in [1.807, 2.05) is 65.6 Å². The van der Waals surface area contributed by atoms with Gasteiger partial charge in [-0.3, -0.25) is 23.9 Å². The number of nitrogens with zero attached hydrogens (tertiary/aromatic N) is 3. The van der Waals surface area contributed by atoms with Crippen molar-refractivity contribution in [1.29, 1.82) is 0 Å². The Balaban J connectivity index is 1.22. The molecule has 310 valence electrons. The van der Waals surface area contributed by atoms with E-state index in [2.05, 4.69) is 10.0 Å². The first-order valence-electron chi connectivity index (χ1n) is 20.8. The molecular formula is C44H55N5O8S. The van der Waals surface area contributed by atoms with Gasteiger partial charge in [-0.2, -0.15) is 0 Å². The zero-order chi connectivity index (χ0) is 40.9. The number of carbonyl (C=O) groups excluding carboxylic acids is 4. The average molecular weight is 814 g/mol. The van der Waals surface area contributed by atoms with Crippen molar-refractivity contribution in [3.8, 4) is 22.8 Å². The summed E-state index contributed by atoms with van der Waals surface area (Å²) in [6, 6.07) is 16.0. The first-order valence-corrected chi connectivity index (χ1v) is 22.3. The highest BCUT2D eigenvalue weighted by Gasteiger charge is 2.47. The SMILES string of the molecule is COc1ccc2c(O[C@@H]3C[C@H]4C(=O)N[C@](C)(C(=O)NS(=O)(=O)C5CC5)CC=CCCCCC[C@H](CC(=O)N5CCCCC5)C(=O)N4C3)cc(-c3ccccc3)nc2c1. The van der Waals surface area contributed by atoms with Crippen LogP contribution in [0.5, 0.6) is 11.5 Å². The first kappa shape index (κ1) is 41.2. The Morgan fingerprint density at radius 1 is 0.948 bits per heavy atom. The van der Waals surface area contributed by atoms with Gasteiger partial charge in [0.05, 0.1) is 30.1 Å². The number of piperidine rings is 1. The van der Waals surface area contributed by atoms with Crippen LogP contribution in [0.15, 0.2) is 66.7 Å². The van der Waals surface area contributed by atoms with E-state index in [4.69, 9.17) is 14.5 Å². The van der Waals surface area contributed by atoms with E-state index in [-0.39, 0.29) is 37.6 Å². The van der Waals surface area contributed by atoms with E-state index in [0.717, 1.165) is 49.5 Å². The van der Waals surface area contributed by atoms with Crippen molar-refractivity contribution >= 4 is 44.6 Å². The molecule has 4 aliphatic rings. The first-order chi connectivity index (χ1) is 27.9. The number of nitrogens with one attached hydrogen (secondary N) is 2. The molecule has 14 heteroatoms. The molecule has 2 saturated heterocycles. The van der Waals surface area contributed by atoms with Crippen LogP contribution in [-0.4, -0.2) is 96.5 Å². The molecule has 58 heavy (non-hydrogen) atoms. The van der Waals surface area contributed by atoms with Crippen molar-refractivity contribution < 1.29 is 37.1 Å². The number of ether oxygens (including phenoxy) is 2. The van der Waals surface area contributed by atoms with E-state index in [1.165, 1.54) is 11.8 Å². The number of allylic oxidation sites excluding steroid dienone is 1. The third-order valence-corrected chi connectivity index (χ3v) is 13.7. The molecular weight excluding hydrogens is 759 g/mol. The maximum atomic E-state index is 14.8. The van der Waals surface area contributed by atoms with Crippen molar-refractivity contribution in [2.24, 2.45) is 5.92 Å². The molecule has 3 fully saturated rings. The third kappa shape index (κ3) is 9.65. The standard InChI is InChI=1S/C44H55N5O8S/c1-44(43(53)47-58(54,55)34-19-20-34)22-12-6-4-3-5-9-17-31(25-40(50)48-23-13-8-14-24-48)42(52)49-29-33(27-38(49)41(51)46-44)57-39-28-36(30-15-10-7-11-16-30)45-37-26-32(56-2)18-21-35(37)39/h6-7,10-12,15-16,18,21,26,28,31,33-34,38H,3-5,8-9,13-14,17,19-20,22-25,27,29H2,1-2H3,(H,46,51)(H,47,53)/t31-,33-,38+,44+/m1/s1. The van der Waals surface area contributed by atoms with E-state index < -0.39 is 50.7 Å². The van der Waals surface area contributed by atoms with Gasteiger partial charge in [-0.1, -0.05) is 55.3 Å². The number of amides is 4. The van der Waals surface area contributed by atoms with Gasteiger partial charge in [0.15, 0.2) is 0 Å². The molecule has 1 aromatic heterocycles. The fourth-order valence-electron chi connectivity index (χ4n) is 8.27. The Bertz CT molecular complexity index is 2140. The Labute approximate surface area is 341 Å². The summed E-state index contributed by atoms with van der Waals surface area (Å²) in [6.45, 7) is 2.92. The summed E-state index contributed by atoms with van der Waals surface area (Å²) in [6.07, 6.45) is 10.8. The maximum absolute atomic E-state index is 14.8. The fourth-order valence-corrected chi connectivity index (χ4v) is 9.68. The normalized spacial score (nSPS) is 25.0. The van der Waals surface area contributed by atoms with Crippen LogP contribution < -0.4 is 19.5 Å². The predicted molar refractivity (Wildman–Crippen MR) is 220 cm³/mol. The highest BCUT2D eigenvalue weighted by molar-refractivity contribution is 7.91. The van der Waals surface area contributed by atoms with Crippen molar-refractivity contribution in [1.82, 2.24) is 24.8 Å². The molecule has 3 aliphatic heterocycles. The zero-order valence-electron chi connectivity index (χ0n) is 33.5. The number of aromatic nitrogens is 1. The number of pyridine rings is 1. The quantitative estimate of drug-likeness (QED) is 0.259. The van der Waals surface area contributed by atoms with Gasteiger partial charge in [-0.05, 0) is 76.8 Å². The smallest absolute Gasteiger partial charge is 0.259 e. The van der Waals surface area contributed by atoms with Gasteiger partial charge in [-0.15, -0.1) is 0 Å². The largest absolute Gasteiger partial charge is 0.497 e. The lowest BCUT2D eigenvalue weighted by Gasteiger charge is -2.33. The van der Waals surface area contributed by atoms with Crippen LogP contribution in [0.2, 0.25) is 0 Å². The van der Waals surface area contributed by atoms with Gasteiger partial charge in [-0.25, -0.2) is 13.4 Å². The highest BCUT2D eigenvalue weighted by Crippen LogP contribution is 2.36. The minimum absolute atomic E-state index is 0.0471. The number of fused-ring (bicyclic) bond motifs is 2. The molecule has 2 aromatic carbocycles. The fraction of sp³-hybridized carbons (Fsp3) is 0.523. The minimum Gasteiger partial charge on any atom is -0.497 e. The Morgan fingerprint density at radius 3 is 2.45 bits per heavy atom. The highest BCUT2D eigenvalue weighted by atomic mass is 32.2. The summed E-state index contributed by atoms with van der Waals surface area (Å²) in [5.41, 5.74) is 0.551. The van der Waals surface area contributed by atoms with Crippen LogP contribution >= 0.6 is 0 Å². The van der Waals surface area contributed by atoms with Gasteiger partial charge in [0, 0.05) is 54.9 Å². The molecule has 0 unspecified atom stereocenters. The molecule has 2 N–H and O–H groups in total. The van der Waals surface area contributed by atoms with E-state index in [1.54, 1.807) is 13.2 Å². The van der Waals surface area contributed by atoms with Gasteiger partial charge in [0.2, 0.25) is 27.7 Å². The molecule has 13 nitrogen and oxygen atoms in total. The number of rotatable bonds is 9. The molecule has 0 radical (unpaired) electrons. The van der Waals surface area contributed by atoms with E-state index >= 15 is 0 Å². The summed E-state index contributed by atoms with van der Waals surface area (Å²) in [5.74, 6) is -1.30. The van der Waals surface area contributed by atoms with Crippen molar-refractivity contribution in [3.63, 3.8) is 0 Å². The Hall–Kier alpha value is -4.98. The second-order valence-corrected chi connectivity index (χ2v) is 18.4. The monoisotopic (exact) mass is 813 g/mol. The number of carbonyl (C=O) groups is 4. The number of hydrogen-bond donors (Lipinski definition) is 2. The lowest BCUT2D eigenvalue weighted by Crippen LogP contribution is -2.61. The second kappa shape index (κ2) is 17.9. The molecule has 4 atom stereocenters. The van der Waals surface area contributed by atoms with Gasteiger partial charge in [0.1, 0.15) is 29.2 Å². The number of hydrogen-bond acceptors (Lipinski definition) is 9. The van der Waals surface area contributed by atoms with Gasteiger partial charge < -0.3 is 24.6 Å². The average Bonchev–Trinajstić information content (AvgIpc) is 4.02. The molecule has 1 aliphatic carbocycles. The van der Waals surface area contributed by atoms with Crippen LogP contribution in [-0.2, 0) is 29.2 Å². The molecule has 4 amide bonds. The van der Waals surface area contributed by atoms with Crippen molar-refractivity contribution in [3.05, 3.63) is 66.7 Å². The molecule has 4 heterocycles. The van der Waals surface area contributed by atoms with Crippen LogP contribution in [0.25, 0.3) is 22.2 Å². The number of benzene rings is 2. The van der Waals surface area contributed by atoms with E-state index in [9.17, 15) is 27.6 Å². The van der Waals surface area contributed by atoms with Crippen LogP contribution in [0, 0.1) is 5.92 Å². The summed E-state index contributed by atoms with van der Waals surface area (Å²) in [7, 11) is -2.32. The lowest BCUT2D eigenvalue weighted by atomic mass is 9.94. The maximum Gasteiger partial charge on any atom is 0.259 e. The summed E-state index contributed by atoms with van der Waals surface area (Å²) in [5, 5.41) is 2.97. The minimum atomic E-state index is -3.91. The topological polar surface area (TPSA) is 164 Å². The van der Waals surface area contributed by atoms with Crippen molar-refractivity contribution in [2.75, 3.05) is 26.7 Å². The van der Waals surface area contributed by atoms with Crippen LogP contribution in [0.3, 0.4) is 0 Å². The zero-order valence-corrected chi connectivity index (χ0v) is 34.3. The molecule has 7 rings (SSSR count).